The molecule has 1 aliphatic rings. The van der Waals surface area contributed by atoms with Crippen molar-refractivity contribution >= 4 is 24.0 Å². The van der Waals surface area contributed by atoms with Gasteiger partial charge in [-0.1, -0.05) is 13.0 Å². The summed E-state index contributed by atoms with van der Waals surface area (Å²) in [6.45, 7) is 6.54. The Morgan fingerprint density at radius 1 is 1.48 bits per heavy atom. The topological polar surface area (TPSA) is 50.4 Å². The number of ether oxygens (including phenoxy) is 1. The molecule has 4 nitrogen and oxygen atoms in total. The molecule has 21 heavy (non-hydrogen) atoms. The van der Waals surface area contributed by atoms with Crippen molar-refractivity contribution in [3.05, 3.63) is 23.8 Å². The van der Waals surface area contributed by atoms with Crippen LogP contribution in [-0.2, 0) is 4.79 Å². The summed E-state index contributed by atoms with van der Waals surface area (Å²) < 4.78 is 5.73. The largest absolute Gasteiger partial charge is 0.491 e. The number of halogens is 1. The molecule has 2 N–H and O–H groups in total. The fraction of sp³-hybridized carbons (Fsp3) is 0.562. The molecular weight excluding hydrogens is 288 g/mol. The predicted octanol–water partition coefficient (Wildman–Crippen LogP) is 3.14. The summed E-state index contributed by atoms with van der Waals surface area (Å²) in [6, 6.07) is 5.90. The molecule has 0 bridgehead atoms. The minimum absolute atomic E-state index is 0. The number of piperidine rings is 1. The molecule has 0 aromatic heterocycles. The van der Waals surface area contributed by atoms with Crippen molar-refractivity contribution in [3.63, 3.8) is 0 Å². The molecule has 1 amide bonds. The van der Waals surface area contributed by atoms with Crippen molar-refractivity contribution in [1.82, 2.24) is 5.32 Å². The molecule has 2 rings (SSSR count). The number of carbonyl (C=O) groups is 1. The van der Waals surface area contributed by atoms with E-state index in [2.05, 4.69) is 17.6 Å². The van der Waals surface area contributed by atoms with Gasteiger partial charge < -0.3 is 15.4 Å². The van der Waals surface area contributed by atoms with Crippen molar-refractivity contribution in [1.29, 1.82) is 0 Å². The van der Waals surface area contributed by atoms with Crippen LogP contribution in [0, 0.1) is 12.8 Å². The van der Waals surface area contributed by atoms with E-state index in [-0.39, 0.29) is 24.2 Å². The highest BCUT2D eigenvalue weighted by atomic mass is 35.5. The standard InChI is InChI=1S/C16H24N2O2.ClH/c1-3-9-20-15-10-12(2)6-7-14(15)18-16(19)13-5-4-8-17-11-13;/h6-7,10,13,17H,3-5,8-9,11H2,1-2H3,(H,18,19);1H/t13-;/m1./s1. The Hall–Kier alpha value is -1.26. The highest BCUT2D eigenvalue weighted by molar-refractivity contribution is 5.94. The average Bonchev–Trinajstić information content (AvgIpc) is 2.48. The Morgan fingerprint density at radius 2 is 2.29 bits per heavy atom. The molecule has 1 saturated heterocycles. The number of hydrogen-bond donors (Lipinski definition) is 2. The van der Waals surface area contributed by atoms with Crippen LogP contribution in [0.2, 0.25) is 0 Å². The van der Waals surface area contributed by atoms with Crippen molar-refractivity contribution in [3.8, 4) is 5.75 Å². The number of rotatable bonds is 5. The second kappa shape index (κ2) is 8.90. The van der Waals surface area contributed by atoms with E-state index in [9.17, 15) is 4.79 Å². The maximum Gasteiger partial charge on any atom is 0.228 e. The fourth-order valence-electron chi connectivity index (χ4n) is 2.37. The van der Waals surface area contributed by atoms with Gasteiger partial charge in [-0.25, -0.2) is 0 Å². The molecule has 1 aromatic carbocycles. The van der Waals surface area contributed by atoms with E-state index in [1.165, 1.54) is 0 Å². The number of hydrogen-bond acceptors (Lipinski definition) is 3. The van der Waals surface area contributed by atoms with Crippen LogP contribution in [0.3, 0.4) is 0 Å². The summed E-state index contributed by atoms with van der Waals surface area (Å²) in [4.78, 5) is 12.3. The molecule has 0 aliphatic carbocycles. The zero-order valence-corrected chi connectivity index (χ0v) is 13.6. The number of benzene rings is 1. The summed E-state index contributed by atoms with van der Waals surface area (Å²) in [6.07, 6.45) is 2.97. The van der Waals surface area contributed by atoms with Crippen LogP contribution < -0.4 is 15.4 Å². The average molecular weight is 313 g/mol. The second-order valence-electron chi connectivity index (χ2n) is 5.38. The van der Waals surface area contributed by atoms with Crippen molar-refractivity contribution in [2.45, 2.75) is 33.1 Å². The van der Waals surface area contributed by atoms with Crippen LogP contribution in [0.4, 0.5) is 5.69 Å². The molecule has 5 heteroatoms. The van der Waals surface area contributed by atoms with Gasteiger partial charge in [0.1, 0.15) is 5.75 Å². The van der Waals surface area contributed by atoms with Gasteiger partial charge in [0.15, 0.2) is 0 Å². The lowest BCUT2D eigenvalue weighted by Crippen LogP contribution is -2.37. The van der Waals surface area contributed by atoms with Crippen LogP contribution in [0.25, 0.3) is 0 Å². The first-order valence-corrected chi connectivity index (χ1v) is 7.45. The maximum absolute atomic E-state index is 12.3. The number of aryl methyl sites for hydroxylation is 1. The summed E-state index contributed by atoms with van der Waals surface area (Å²) in [5.41, 5.74) is 1.91. The lowest BCUT2D eigenvalue weighted by atomic mass is 9.98. The molecule has 0 radical (unpaired) electrons. The number of nitrogens with one attached hydrogen (secondary N) is 2. The Balaban J connectivity index is 0.00000220. The molecule has 1 atom stereocenters. The van der Waals surface area contributed by atoms with Gasteiger partial charge in [-0.2, -0.15) is 0 Å². The van der Waals surface area contributed by atoms with Crippen LogP contribution in [0.1, 0.15) is 31.7 Å². The van der Waals surface area contributed by atoms with E-state index in [0.29, 0.717) is 6.61 Å². The number of anilines is 1. The van der Waals surface area contributed by atoms with Gasteiger partial charge in [-0.05, 0) is 50.4 Å². The minimum atomic E-state index is 0. The highest BCUT2D eigenvalue weighted by Crippen LogP contribution is 2.27. The molecule has 1 fully saturated rings. The molecule has 0 spiro atoms. The Bertz CT molecular complexity index is 460. The molecule has 0 saturated carbocycles. The Kier molecular flexibility index (Phi) is 7.54. The Morgan fingerprint density at radius 3 is 2.95 bits per heavy atom. The SMILES string of the molecule is CCCOc1cc(C)ccc1NC(=O)[C@@H]1CCCNC1.Cl. The molecule has 0 unspecified atom stereocenters. The fourth-order valence-corrected chi connectivity index (χ4v) is 2.37. The van der Waals surface area contributed by atoms with Crippen molar-refractivity contribution in [2.24, 2.45) is 5.92 Å². The molecule has 1 heterocycles. The van der Waals surface area contributed by atoms with E-state index in [4.69, 9.17) is 4.74 Å². The lowest BCUT2D eigenvalue weighted by Gasteiger charge is -2.22. The minimum Gasteiger partial charge on any atom is -0.491 e. The Labute approximate surface area is 133 Å². The van der Waals surface area contributed by atoms with Gasteiger partial charge in [0, 0.05) is 6.54 Å². The zero-order chi connectivity index (χ0) is 14.4. The summed E-state index contributed by atoms with van der Waals surface area (Å²) in [5, 5.41) is 6.28. The smallest absolute Gasteiger partial charge is 0.228 e. The van der Waals surface area contributed by atoms with Crippen LogP contribution >= 0.6 is 12.4 Å². The molecule has 1 aliphatic heterocycles. The van der Waals surface area contributed by atoms with E-state index in [1.807, 2.05) is 25.1 Å². The van der Waals surface area contributed by atoms with Gasteiger partial charge >= 0.3 is 0 Å². The van der Waals surface area contributed by atoms with Crippen LogP contribution in [-0.4, -0.2) is 25.6 Å². The van der Waals surface area contributed by atoms with Gasteiger partial charge in [-0.15, -0.1) is 12.4 Å². The van der Waals surface area contributed by atoms with Crippen LogP contribution in [0.5, 0.6) is 5.75 Å². The van der Waals surface area contributed by atoms with E-state index < -0.39 is 0 Å². The van der Waals surface area contributed by atoms with Gasteiger partial charge in [0.05, 0.1) is 18.2 Å². The van der Waals surface area contributed by atoms with Gasteiger partial charge in [-0.3, -0.25) is 4.79 Å². The van der Waals surface area contributed by atoms with E-state index in [0.717, 1.165) is 49.4 Å². The third kappa shape index (κ3) is 5.21. The first-order chi connectivity index (χ1) is 9.70. The van der Waals surface area contributed by atoms with Crippen LogP contribution in [0.15, 0.2) is 18.2 Å². The van der Waals surface area contributed by atoms with Crippen molar-refractivity contribution in [2.75, 3.05) is 25.0 Å². The second-order valence-corrected chi connectivity index (χ2v) is 5.38. The number of carbonyl (C=O) groups excluding carboxylic acids is 1. The first kappa shape index (κ1) is 17.8. The zero-order valence-electron chi connectivity index (χ0n) is 12.8. The third-order valence-electron chi connectivity index (χ3n) is 3.52. The third-order valence-corrected chi connectivity index (χ3v) is 3.52. The monoisotopic (exact) mass is 312 g/mol. The predicted molar refractivity (Wildman–Crippen MR) is 88.4 cm³/mol. The molecule has 118 valence electrons. The van der Waals surface area contributed by atoms with Crippen molar-refractivity contribution < 1.29 is 9.53 Å². The first-order valence-electron chi connectivity index (χ1n) is 7.45. The van der Waals surface area contributed by atoms with E-state index >= 15 is 0 Å². The number of amides is 1. The summed E-state index contributed by atoms with van der Waals surface area (Å²) >= 11 is 0. The molecular formula is C16H25ClN2O2. The lowest BCUT2D eigenvalue weighted by molar-refractivity contribution is -0.120. The summed E-state index contributed by atoms with van der Waals surface area (Å²) in [7, 11) is 0. The highest BCUT2D eigenvalue weighted by Gasteiger charge is 2.21. The quantitative estimate of drug-likeness (QED) is 0.878. The maximum atomic E-state index is 12.3. The van der Waals surface area contributed by atoms with E-state index in [1.54, 1.807) is 0 Å². The molecule has 1 aromatic rings. The summed E-state index contributed by atoms with van der Waals surface area (Å²) in [5.74, 6) is 0.912. The van der Waals surface area contributed by atoms with Gasteiger partial charge in [0.2, 0.25) is 5.91 Å². The van der Waals surface area contributed by atoms with Gasteiger partial charge in [0.25, 0.3) is 0 Å². The normalized spacial score (nSPS) is 17.7.